The molecule has 0 N–H and O–H groups in total. The summed E-state index contributed by atoms with van der Waals surface area (Å²) in [6.07, 6.45) is 0.266. The van der Waals surface area contributed by atoms with Crippen LogP contribution in [-0.2, 0) is 4.84 Å². The van der Waals surface area contributed by atoms with E-state index in [1.54, 1.807) is 0 Å². The first-order valence-corrected chi connectivity index (χ1v) is 4.56. The molecule has 0 heterocycles. The molecule has 0 aliphatic rings. The SMILES string of the molecule is CC(C)[N+]([O-])(OCCC#N)C(C)C.P. The molecule has 0 amide bonds. The van der Waals surface area contributed by atoms with Gasteiger partial charge in [-0.15, -0.1) is 0 Å². The topological polar surface area (TPSA) is 56.1 Å². The molecule has 0 aliphatic carbocycles. The minimum absolute atomic E-state index is 0. The lowest BCUT2D eigenvalue weighted by molar-refractivity contribution is -1.10. The van der Waals surface area contributed by atoms with E-state index >= 15 is 0 Å². The summed E-state index contributed by atoms with van der Waals surface area (Å²) in [5.74, 6) is 0. The number of nitriles is 1. The van der Waals surface area contributed by atoms with Crippen molar-refractivity contribution in [2.45, 2.75) is 46.2 Å². The lowest BCUT2D eigenvalue weighted by Gasteiger charge is -2.45. The minimum atomic E-state index is -0.679. The zero-order valence-corrected chi connectivity index (χ0v) is 10.9. The maximum atomic E-state index is 12.0. The van der Waals surface area contributed by atoms with Crippen molar-refractivity contribution in [1.29, 1.82) is 5.26 Å². The molecule has 0 saturated heterocycles. The lowest BCUT2D eigenvalue weighted by atomic mass is 10.3. The highest BCUT2D eigenvalue weighted by Gasteiger charge is 2.27. The second-order valence-corrected chi connectivity index (χ2v) is 3.57. The minimum Gasteiger partial charge on any atom is -0.598 e. The van der Waals surface area contributed by atoms with Crippen LogP contribution < -0.4 is 0 Å². The molecule has 14 heavy (non-hydrogen) atoms. The molecule has 0 fully saturated rings. The molecule has 0 radical (unpaired) electrons. The van der Waals surface area contributed by atoms with Crippen LogP contribution in [0.25, 0.3) is 0 Å². The average molecular weight is 220 g/mol. The molecule has 0 aromatic heterocycles. The Morgan fingerprint density at radius 2 is 1.71 bits per heavy atom. The molecule has 1 unspecified atom stereocenters. The van der Waals surface area contributed by atoms with E-state index in [4.69, 9.17) is 10.1 Å². The predicted octanol–water partition coefficient (Wildman–Crippen LogP) is 2.02. The third-order valence-electron chi connectivity index (χ3n) is 1.95. The van der Waals surface area contributed by atoms with Gasteiger partial charge in [-0.3, -0.25) is 0 Å². The molecule has 0 aromatic carbocycles. The molecule has 4 nitrogen and oxygen atoms in total. The molecule has 0 rings (SSSR count). The van der Waals surface area contributed by atoms with Gasteiger partial charge in [0.2, 0.25) is 0 Å². The zero-order valence-electron chi connectivity index (χ0n) is 9.49. The predicted molar refractivity (Wildman–Crippen MR) is 61.2 cm³/mol. The first-order valence-electron chi connectivity index (χ1n) is 4.56. The quantitative estimate of drug-likeness (QED) is 0.308. The van der Waals surface area contributed by atoms with Gasteiger partial charge in [0.05, 0.1) is 12.5 Å². The highest BCUT2D eigenvalue weighted by molar-refractivity contribution is 6.92. The van der Waals surface area contributed by atoms with Crippen LogP contribution in [0.1, 0.15) is 34.1 Å². The van der Waals surface area contributed by atoms with Gasteiger partial charge >= 0.3 is 0 Å². The Labute approximate surface area is 89.6 Å². The Kier molecular flexibility index (Phi) is 8.28. The summed E-state index contributed by atoms with van der Waals surface area (Å²) in [5.41, 5.74) is 0. The second-order valence-electron chi connectivity index (χ2n) is 3.57. The van der Waals surface area contributed by atoms with Crippen LogP contribution in [0.5, 0.6) is 0 Å². The van der Waals surface area contributed by atoms with E-state index < -0.39 is 4.81 Å². The molecule has 5 heteroatoms. The molecule has 84 valence electrons. The Balaban J connectivity index is 0. The van der Waals surface area contributed by atoms with E-state index in [0.29, 0.717) is 0 Å². The molecule has 1 atom stereocenters. The van der Waals surface area contributed by atoms with Crippen molar-refractivity contribution in [3.63, 3.8) is 0 Å². The van der Waals surface area contributed by atoms with E-state index in [0.717, 1.165) is 0 Å². The van der Waals surface area contributed by atoms with Gasteiger partial charge in [0.1, 0.15) is 18.7 Å². The van der Waals surface area contributed by atoms with Crippen LogP contribution in [0.2, 0.25) is 0 Å². The molecule has 0 spiro atoms. The van der Waals surface area contributed by atoms with Crippen LogP contribution >= 0.6 is 9.90 Å². The molecule has 0 aromatic rings. The Hall–Kier alpha value is -0.200. The number of hydroxylamine groups is 4. The fourth-order valence-electron chi connectivity index (χ4n) is 1.13. The number of nitrogens with zero attached hydrogens (tertiary/aromatic N) is 2. The monoisotopic (exact) mass is 220 g/mol. The van der Waals surface area contributed by atoms with Crippen LogP contribution in [0.3, 0.4) is 0 Å². The van der Waals surface area contributed by atoms with Crippen LogP contribution in [0.15, 0.2) is 0 Å². The van der Waals surface area contributed by atoms with Gasteiger partial charge in [0.15, 0.2) is 0 Å². The fraction of sp³-hybridized carbons (Fsp3) is 0.889. The molecular formula is C9H21N2O2P. The highest BCUT2D eigenvalue weighted by Crippen LogP contribution is 2.18. The lowest BCUT2D eigenvalue weighted by Crippen LogP contribution is -2.52. The molecule has 0 saturated carbocycles. The first-order chi connectivity index (χ1) is 5.95. The van der Waals surface area contributed by atoms with Gasteiger partial charge in [-0.1, -0.05) is 0 Å². The Bertz CT molecular complexity index is 182. The summed E-state index contributed by atoms with van der Waals surface area (Å²) in [4.78, 5) is 4.47. The van der Waals surface area contributed by atoms with Gasteiger partial charge < -0.3 is 5.21 Å². The summed E-state index contributed by atoms with van der Waals surface area (Å²) in [6, 6.07) is 1.66. The van der Waals surface area contributed by atoms with Crippen molar-refractivity contribution in [3.8, 4) is 6.07 Å². The normalized spacial score (nSPS) is 11.3. The first kappa shape index (κ1) is 16.2. The fourth-order valence-corrected chi connectivity index (χ4v) is 1.13. The van der Waals surface area contributed by atoms with Gasteiger partial charge in [-0.05, 0) is 27.7 Å². The Morgan fingerprint density at radius 3 is 2.00 bits per heavy atom. The summed E-state index contributed by atoms with van der Waals surface area (Å²) in [7, 11) is 0. The van der Waals surface area contributed by atoms with Crippen molar-refractivity contribution in [1.82, 2.24) is 0 Å². The van der Waals surface area contributed by atoms with E-state index in [-0.39, 0.29) is 35.0 Å². The van der Waals surface area contributed by atoms with Crippen LogP contribution in [-0.4, -0.2) is 23.5 Å². The van der Waals surface area contributed by atoms with Gasteiger partial charge in [0, 0.05) is 0 Å². The maximum Gasteiger partial charge on any atom is 0.120 e. The standard InChI is InChI=1S/C9H18N2O2.H3P/c1-8(2)11(12,9(3)4)13-7-5-6-10;/h8-9H,5,7H2,1-4H3;1H3. The summed E-state index contributed by atoms with van der Waals surface area (Å²) in [5, 5.41) is 20.3. The number of rotatable bonds is 5. The second kappa shape index (κ2) is 7.14. The molecule has 0 aliphatic heterocycles. The van der Waals surface area contributed by atoms with E-state index in [9.17, 15) is 5.21 Å². The third-order valence-corrected chi connectivity index (χ3v) is 1.95. The summed E-state index contributed by atoms with van der Waals surface area (Å²) < 4.78 is 0. The van der Waals surface area contributed by atoms with Gasteiger partial charge in [-0.2, -0.15) is 15.2 Å². The van der Waals surface area contributed by atoms with Gasteiger partial charge in [0.25, 0.3) is 0 Å². The van der Waals surface area contributed by atoms with E-state index in [1.165, 1.54) is 0 Å². The molecular weight excluding hydrogens is 199 g/mol. The van der Waals surface area contributed by atoms with Crippen LogP contribution in [0.4, 0.5) is 0 Å². The van der Waals surface area contributed by atoms with Gasteiger partial charge in [-0.25, -0.2) is 9.65 Å². The van der Waals surface area contributed by atoms with Crippen molar-refractivity contribution < 1.29 is 9.65 Å². The largest absolute Gasteiger partial charge is 0.598 e. The Morgan fingerprint density at radius 1 is 1.29 bits per heavy atom. The average Bonchev–Trinajstić information content (AvgIpc) is 2.03. The van der Waals surface area contributed by atoms with E-state index in [1.807, 2.05) is 33.8 Å². The number of hydrogen-bond donors (Lipinski definition) is 0. The van der Waals surface area contributed by atoms with Crippen molar-refractivity contribution >= 4 is 9.90 Å². The van der Waals surface area contributed by atoms with Crippen LogP contribution in [0, 0.1) is 16.5 Å². The number of quaternary nitrogens is 1. The maximum absolute atomic E-state index is 12.0. The number of hydrogen-bond acceptors (Lipinski definition) is 3. The van der Waals surface area contributed by atoms with Crippen molar-refractivity contribution in [3.05, 3.63) is 5.21 Å². The third kappa shape index (κ3) is 4.34. The van der Waals surface area contributed by atoms with Crippen molar-refractivity contribution in [2.75, 3.05) is 6.61 Å². The summed E-state index contributed by atoms with van der Waals surface area (Å²) >= 11 is 0. The summed E-state index contributed by atoms with van der Waals surface area (Å²) in [6.45, 7) is 7.48. The van der Waals surface area contributed by atoms with E-state index in [2.05, 4.69) is 0 Å². The highest BCUT2D eigenvalue weighted by atomic mass is 31.0. The zero-order chi connectivity index (χ0) is 10.5. The van der Waals surface area contributed by atoms with Crippen molar-refractivity contribution in [2.24, 2.45) is 0 Å². The molecule has 0 bridgehead atoms. The smallest absolute Gasteiger partial charge is 0.120 e.